The number of carbonyl (C=O) groups excluding carboxylic acids is 1. The molecule has 1 amide bonds. The molecule has 1 saturated heterocycles. The van der Waals surface area contributed by atoms with Crippen LogP contribution >= 0.6 is 11.6 Å². The Kier molecular flexibility index (Phi) is 4.49. The molecule has 1 aliphatic heterocycles. The topological polar surface area (TPSA) is 55.3 Å². The highest BCUT2D eigenvalue weighted by molar-refractivity contribution is 6.29. The van der Waals surface area contributed by atoms with E-state index in [1.54, 1.807) is 7.11 Å². The summed E-state index contributed by atoms with van der Waals surface area (Å²) in [4.78, 5) is 21.8. The number of hydrogen-bond acceptors (Lipinski definition) is 4. The first-order valence-corrected chi connectivity index (χ1v) is 6.34. The minimum Gasteiger partial charge on any atom is -0.384 e. The van der Waals surface area contributed by atoms with Crippen molar-refractivity contribution in [2.45, 2.75) is 12.8 Å². The second-order valence-electron chi connectivity index (χ2n) is 4.42. The minimum absolute atomic E-state index is 0.0740. The third-order valence-electron chi connectivity index (χ3n) is 3.14. The average molecular weight is 270 g/mol. The van der Waals surface area contributed by atoms with Gasteiger partial charge < -0.3 is 9.64 Å². The van der Waals surface area contributed by atoms with Crippen LogP contribution in [0.25, 0.3) is 0 Å². The summed E-state index contributed by atoms with van der Waals surface area (Å²) in [6.07, 6.45) is 4.76. The number of halogens is 1. The van der Waals surface area contributed by atoms with Gasteiger partial charge >= 0.3 is 0 Å². The van der Waals surface area contributed by atoms with Crippen LogP contribution < -0.4 is 0 Å². The number of aromatic nitrogens is 2. The van der Waals surface area contributed by atoms with E-state index in [2.05, 4.69) is 9.97 Å². The van der Waals surface area contributed by atoms with Crippen LogP contribution in [0.3, 0.4) is 0 Å². The van der Waals surface area contributed by atoms with Crippen LogP contribution in [-0.2, 0) is 4.74 Å². The standard InChI is InChI=1S/C12H16ClN3O2/c1-18-8-9-2-4-16(5-3-9)12(17)10-6-15-11(13)7-14-10/h6-7,9H,2-5,8H2,1H3. The molecule has 0 bridgehead atoms. The van der Waals surface area contributed by atoms with E-state index in [1.165, 1.54) is 12.4 Å². The fourth-order valence-corrected chi connectivity index (χ4v) is 2.22. The van der Waals surface area contributed by atoms with Crippen LogP contribution in [0.5, 0.6) is 0 Å². The molecule has 2 rings (SSSR count). The largest absolute Gasteiger partial charge is 0.384 e. The highest BCUT2D eigenvalue weighted by atomic mass is 35.5. The second kappa shape index (κ2) is 6.11. The van der Waals surface area contributed by atoms with Crippen molar-refractivity contribution in [3.05, 3.63) is 23.2 Å². The van der Waals surface area contributed by atoms with Gasteiger partial charge in [-0.25, -0.2) is 9.97 Å². The Labute approximate surface area is 111 Å². The highest BCUT2D eigenvalue weighted by Gasteiger charge is 2.24. The molecule has 0 N–H and O–H groups in total. The molecule has 0 atom stereocenters. The molecule has 5 nitrogen and oxygen atoms in total. The fraction of sp³-hybridized carbons (Fsp3) is 0.583. The van der Waals surface area contributed by atoms with Crippen molar-refractivity contribution in [1.29, 1.82) is 0 Å². The zero-order chi connectivity index (χ0) is 13.0. The molecular weight excluding hydrogens is 254 g/mol. The van der Waals surface area contributed by atoms with E-state index in [0.29, 0.717) is 16.8 Å². The predicted octanol–water partition coefficient (Wildman–Crippen LogP) is 1.63. The van der Waals surface area contributed by atoms with Crippen molar-refractivity contribution in [2.24, 2.45) is 5.92 Å². The number of methoxy groups -OCH3 is 1. The van der Waals surface area contributed by atoms with E-state index in [-0.39, 0.29) is 5.91 Å². The Morgan fingerprint density at radius 1 is 1.44 bits per heavy atom. The van der Waals surface area contributed by atoms with Crippen molar-refractivity contribution in [3.63, 3.8) is 0 Å². The van der Waals surface area contributed by atoms with Crippen LogP contribution in [0.15, 0.2) is 12.4 Å². The molecule has 1 aromatic heterocycles. The maximum absolute atomic E-state index is 12.1. The van der Waals surface area contributed by atoms with Gasteiger partial charge in [-0.15, -0.1) is 0 Å². The van der Waals surface area contributed by atoms with Crippen LogP contribution in [0.2, 0.25) is 5.15 Å². The van der Waals surface area contributed by atoms with Gasteiger partial charge in [-0.3, -0.25) is 4.79 Å². The van der Waals surface area contributed by atoms with Crippen LogP contribution in [0.1, 0.15) is 23.3 Å². The first-order chi connectivity index (χ1) is 8.70. The minimum atomic E-state index is -0.0740. The Morgan fingerprint density at radius 3 is 2.72 bits per heavy atom. The maximum atomic E-state index is 12.1. The van der Waals surface area contributed by atoms with Gasteiger partial charge in [0.05, 0.1) is 12.4 Å². The van der Waals surface area contributed by atoms with E-state index < -0.39 is 0 Å². The van der Waals surface area contributed by atoms with E-state index >= 15 is 0 Å². The number of likely N-dealkylation sites (tertiary alicyclic amines) is 1. The van der Waals surface area contributed by atoms with Crippen molar-refractivity contribution >= 4 is 17.5 Å². The number of carbonyl (C=O) groups is 1. The second-order valence-corrected chi connectivity index (χ2v) is 4.80. The van der Waals surface area contributed by atoms with Gasteiger partial charge in [0.2, 0.25) is 0 Å². The molecule has 0 unspecified atom stereocenters. The molecule has 98 valence electrons. The number of piperidine rings is 1. The lowest BCUT2D eigenvalue weighted by Crippen LogP contribution is -2.39. The third-order valence-corrected chi connectivity index (χ3v) is 3.34. The van der Waals surface area contributed by atoms with E-state index in [4.69, 9.17) is 16.3 Å². The van der Waals surface area contributed by atoms with Crippen LogP contribution in [0.4, 0.5) is 0 Å². The van der Waals surface area contributed by atoms with E-state index in [1.807, 2.05) is 4.90 Å². The molecule has 18 heavy (non-hydrogen) atoms. The van der Waals surface area contributed by atoms with Gasteiger partial charge in [-0.05, 0) is 18.8 Å². The summed E-state index contributed by atoms with van der Waals surface area (Å²) in [6, 6.07) is 0. The summed E-state index contributed by atoms with van der Waals surface area (Å²) < 4.78 is 5.13. The Bertz CT molecular complexity index is 402. The molecule has 0 spiro atoms. The summed E-state index contributed by atoms with van der Waals surface area (Å²) in [7, 11) is 1.71. The zero-order valence-corrected chi connectivity index (χ0v) is 11.1. The number of amides is 1. The van der Waals surface area contributed by atoms with Gasteiger partial charge in [0, 0.05) is 26.8 Å². The lowest BCUT2D eigenvalue weighted by molar-refractivity contribution is 0.0608. The molecule has 2 heterocycles. The quantitative estimate of drug-likeness (QED) is 0.837. The van der Waals surface area contributed by atoms with E-state index in [9.17, 15) is 4.79 Å². The smallest absolute Gasteiger partial charge is 0.274 e. The zero-order valence-electron chi connectivity index (χ0n) is 10.3. The van der Waals surface area contributed by atoms with Crippen molar-refractivity contribution < 1.29 is 9.53 Å². The number of hydrogen-bond donors (Lipinski definition) is 0. The summed E-state index contributed by atoms with van der Waals surface area (Å²) in [6.45, 7) is 2.26. The molecule has 1 aromatic rings. The monoisotopic (exact) mass is 269 g/mol. The molecule has 0 saturated carbocycles. The van der Waals surface area contributed by atoms with Gasteiger partial charge in [0.15, 0.2) is 0 Å². The first kappa shape index (κ1) is 13.2. The van der Waals surface area contributed by atoms with Gasteiger partial charge in [-0.2, -0.15) is 0 Å². The normalized spacial score (nSPS) is 16.9. The molecular formula is C12H16ClN3O2. The summed E-state index contributed by atoms with van der Waals surface area (Å²) >= 11 is 5.64. The molecule has 0 aliphatic carbocycles. The molecule has 0 radical (unpaired) electrons. The SMILES string of the molecule is COCC1CCN(C(=O)c2cnc(Cl)cn2)CC1. The number of ether oxygens (including phenoxy) is 1. The lowest BCUT2D eigenvalue weighted by atomic mass is 9.97. The van der Waals surface area contributed by atoms with Crippen LogP contribution in [-0.4, -0.2) is 47.6 Å². The summed E-state index contributed by atoms with van der Waals surface area (Å²) in [5, 5.41) is 0.297. The van der Waals surface area contributed by atoms with Crippen molar-refractivity contribution in [1.82, 2.24) is 14.9 Å². The lowest BCUT2D eigenvalue weighted by Gasteiger charge is -2.31. The molecule has 0 aromatic carbocycles. The average Bonchev–Trinajstić information content (AvgIpc) is 2.40. The maximum Gasteiger partial charge on any atom is 0.274 e. The third kappa shape index (κ3) is 3.17. The Balaban J connectivity index is 1.93. The molecule has 1 aliphatic rings. The number of nitrogens with zero attached hydrogens (tertiary/aromatic N) is 3. The van der Waals surface area contributed by atoms with Crippen molar-refractivity contribution in [2.75, 3.05) is 26.8 Å². The summed E-state index contributed by atoms with van der Waals surface area (Å²) in [5.41, 5.74) is 0.351. The van der Waals surface area contributed by atoms with E-state index in [0.717, 1.165) is 32.5 Å². The first-order valence-electron chi connectivity index (χ1n) is 5.96. The molecule has 1 fully saturated rings. The Hall–Kier alpha value is -1.20. The molecule has 6 heteroatoms. The van der Waals surface area contributed by atoms with Crippen LogP contribution in [0, 0.1) is 5.92 Å². The highest BCUT2D eigenvalue weighted by Crippen LogP contribution is 2.18. The predicted molar refractivity (Wildman–Crippen MR) is 67.5 cm³/mol. The van der Waals surface area contributed by atoms with Gasteiger partial charge in [0.1, 0.15) is 10.8 Å². The van der Waals surface area contributed by atoms with Gasteiger partial charge in [-0.1, -0.05) is 11.6 Å². The van der Waals surface area contributed by atoms with Gasteiger partial charge in [0.25, 0.3) is 5.91 Å². The fourth-order valence-electron chi connectivity index (χ4n) is 2.12. The number of rotatable bonds is 3. The summed E-state index contributed by atoms with van der Waals surface area (Å²) in [5.74, 6) is 0.477. The Morgan fingerprint density at radius 2 is 2.17 bits per heavy atom. The van der Waals surface area contributed by atoms with Crippen molar-refractivity contribution in [3.8, 4) is 0 Å².